The standard InChI is InChI=1S/C35H40O2P/c1-28(20-21-32-33(22-24-34(32,2)3)35(4)36-25-26-37-35)23-27-38(29-14-8-5-9-15-29,30-16-10-6-11-17-30)31-18-12-7-13-19-31/h5-21,23H,22,24-27H2,1-4H3/q+1. The molecule has 1 fully saturated rings. The van der Waals surface area contributed by atoms with E-state index in [-0.39, 0.29) is 5.41 Å². The Kier molecular flexibility index (Phi) is 7.87. The van der Waals surface area contributed by atoms with Gasteiger partial charge in [0.05, 0.1) is 19.4 Å². The molecule has 0 unspecified atom stereocenters. The highest BCUT2D eigenvalue weighted by molar-refractivity contribution is 7.95. The summed E-state index contributed by atoms with van der Waals surface area (Å²) in [7, 11) is -1.88. The molecular weight excluding hydrogens is 483 g/mol. The molecule has 3 heteroatoms. The average molecular weight is 524 g/mol. The summed E-state index contributed by atoms with van der Waals surface area (Å²) in [6.07, 6.45) is 10.2. The molecule has 0 atom stereocenters. The lowest BCUT2D eigenvalue weighted by atomic mass is 9.84. The van der Waals surface area contributed by atoms with E-state index in [1.54, 1.807) is 0 Å². The molecule has 3 aromatic carbocycles. The molecule has 1 saturated heterocycles. The van der Waals surface area contributed by atoms with Crippen LogP contribution < -0.4 is 15.9 Å². The Labute approximate surface area is 229 Å². The van der Waals surface area contributed by atoms with Crippen LogP contribution in [0.4, 0.5) is 0 Å². The molecule has 1 aliphatic heterocycles. The summed E-state index contributed by atoms with van der Waals surface area (Å²) in [6, 6.07) is 33.3. The zero-order valence-electron chi connectivity index (χ0n) is 23.2. The van der Waals surface area contributed by atoms with E-state index in [9.17, 15) is 0 Å². The number of allylic oxidation sites excluding steroid dienone is 5. The molecule has 5 rings (SSSR count). The molecule has 38 heavy (non-hydrogen) atoms. The minimum atomic E-state index is -1.88. The van der Waals surface area contributed by atoms with Crippen LogP contribution in [0.2, 0.25) is 0 Å². The topological polar surface area (TPSA) is 18.5 Å². The summed E-state index contributed by atoms with van der Waals surface area (Å²) in [4.78, 5) is 0. The maximum absolute atomic E-state index is 6.07. The van der Waals surface area contributed by atoms with E-state index in [4.69, 9.17) is 9.47 Å². The van der Waals surface area contributed by atoms with Crippen LogP contribution in [-0.4, -0.2) is 25.2 Å². The first kappa shape index (κ1) is 26.8. The van der Waals surface area contributed by atoms with E-state index in [2.05, 4.69) is 137 Å². The first-order valence-electron chi connectivity index (χ1n) is 13.8. The van der Waals surface area contributed by atoms with Crippen LogP contribution in [0, 0.1) is 5.41 Å². The Balaban J connectivity index is 1.54. The first-order chi connectivity index (χ1) is 18.4. The van der Waals surface area contributed by atoms with E-state index in [1.165, 1.54) is 32.6 Å². The monoisotopic (exact) mass is 523 g/mol. The maximum atomic E-state index is 6.07. The molecule has 0 aromatic heterocycles. The van der Waals surface area contributed by atoms with Gasteiger partial charge in [-0.3, -0.25) is 0 Å². The number of hydrogen-bond acceptors (Lipinski definition) is 2. The molecule has 3 aromatic rings. The average Bonchev–Trinajstić information content (AvgIpc) is 3.52. The minimum Gasteiger partial charge on any atom is -0.344 e. The van der Waals surface area contributed by atoms with Crippen LogP contribution >= 0.6 is 7.26 Å². The van der Waals surface area contributed by atoms with Gasteiger partial charge in [-0.05, 0) is 85.7 Å². The van der Waals surface area contributed by atoms with Crippen molar-refractivity contribution in [3.05, 3.63) is 126 Å². The minimum absolute atomic E-state index is 0.110. The highest BCUT2D eigenvalue weighted by Crippen LogP contribution is 2.55. The highest BCUT2D eigenvalue weighted by Gasteiger charge is 2.45. The van der Waals surface area contributed by atoms with Crippen molar-refractivity contribution in [1.29, 1.82) is 0 Å². The summed E-state index contributed by atoms with van der Waals surface area (Å²) in [6.45, 7) is 10.3. The fraction of sp³-hybridized carbons (Fsp3) is 0.314. The van der Waals surface area contributed by atoms with Gasteiger partial charge in [0.2, 0.25) is 0 Å². The van der Waals surface area contributed by atoms with Gasteiger partial charge in [0.25, 0.3) is 0 Å². The third-order valence-electron chi connectivity index (χ3n) is 8.23. The lowest BCUT2D eigenvalue weighted by Crippen LogP contribution is -2.33. The van der Waals surface area contributed by atoms with Gasteiger partial charge in [-0.25, -0.2) is 0 Å². The number of rotatable bonds is 8. The first-order valence-corrected chi connectivity index (χ1v) is 15.7. The predicted molar refractivity (Wildman–Crippen MR) is 163 cm³/mol. The van der Waals surface area contributed by atoms with E-state index < -0.39 is 13.0 Å². The molecule has 0 radical (unpaired) electrons. The van der Waals surface area contributed by atoms with Crippen LogP contribution in [0.5, 0.6) is 0 Å². The SMILES string of the molecule is CC(C=CC1=C(C2(C)OCCO2)CCC1(C)C)=CC[P+](c1ccccc1)(c1ccccc1)c1ccccc1. The fourth-order valence-electron chi connectivity index (χ4n) is 5.98. The van der Waals surface area contributed by atoms with Crippen LogP contribution in [0.15, 0.2) is 126 Å². The third-order valence-corrected chi connectivity index (χ3v) is 12.5. The van der Waals surface area contributed by atoms with E-state index in [0.717, 1.165) is 19.0 Å². The molecule has 0 amide bonds. The van der Waals surface area contributed by atoms with E-state index >= 15 is 0 Å². The quantitative estimate of drug-likeness (QED) is 0.227. The van der Waals surface area contributed by atoms with Gasteiger partial charge in [0.15, 0.2) is 5.79 Å². The van der Waals surface area contributed by atoms with E-state index in [1.807, 2.05) is 0 Å². The van der Waals surface area contributed by atoms with Gasteiger partial charge in [-0.2, -0.15) is 0 Å². The molecule has 2 nitrogen and oxygen atoms in total. The zero-order chi connectivity index (χ0) is 26.6. The van der Waals surface area contributed by atoms with Crippen molar-refractivity contribution < 1.29 is 9.47 Å². The van der Waals surface area contributed by atoms with Crippen molar-refractivity contribution in [2.24, 2.45) is 5.41 Å². The van der Waals surface area contributed by atoms with E-state index in [0.29, 0.717) is 13.2 Å². The summed E-state index contributed by atoms with van der Waals surface area (Å²) in [5.74, 6) is -0.584. The summed E-state index contributed by atoms with van der Waals surface area (Å²) < 4.78 is 12.1. The van der Waals surface area contributed by atoms with Gasteiger partial charge in [0.1, 0.15) is 23.2 Å². The lowest BCUT2D eigenvalue weighted by Gasteiger charge is -2.27. The van der Waals surface area contributed by atoms with Crippen LogP contribution in [0.1, 0.15) is 40.5 Å². The molecule has 196 valence electrons. The molecule has 0 spiro atoms. The Morgan fingerprint density at radius 1 is 0.763 bits per heavy atom. The molecule has 0 bridgehead atoms. The second-order valence-electron chi connectivity index (χ2n) is 11.2. The van der Waals surface area contributed by atoms with Crippen molar-refractivity contribution >= 4 is 23.2 Å². The van der Waals surface area contributed by atoms with Crippen molar-refractivity contribution in [2.45, 2.75) is 46.3 Å². The normalized spacial score (nSPS) is 19.4. The number of ether oxygens (including phenoxy) is 2. The Hall–Kier alpha value is -2.77. The summed E-state index contributed by atoms with van der Waals surface area (Å²) >= 11 is 0. The van der Waals surface area contributed by atoms with Crippen molar-refractivity contribution in [1.82, 2.24) is 0 Å². The zero-order valence-corrected chi connectivity index (χ0v) is 24.1. The largest absolute Gasteiger partial charge is 0.344 e. The third kappa shape index (κ3) is 5.23. The second kappa shape index (κ2) is 11.1. The van der Waals surface area contributed by atoms with Crippen LogP contribution in [0.25, 0.3) is 0 Å². The van der Waals surface area contributed by atoms with Gasteiger partial charge < -0.3 is 9.47 Å². The van der Waals surface area contributed by atoms with Gasteiger partial charge in [-0.1, -0.05) is 86.2 Å². The molecule has 1 heterocycles. The molecular formula is C35H40O2P+. The molecule has 2 aliphatic rings. The smallest absolute Gasteiger partial charge is 0.188 e. The number of benzene rings is 3. The Morgan fingerprint density at radius 3 is 1.71 bits per heavy atom. The Morgan fingerprint density at radius 2 is 1.24 bits per heavy atom. The van der Waals surface area contributed by atoms with Gasteiger partial charge in [-0.15, -0.1) is 0 Å². The van der Waals surface area contributed by atoms with Gasteiger partial charge in [0, 0.05) is 0 Å². The molecule has 1 aliphatic carbocycles. The lowest BCUT2D eigenvalue weighted by molar-refractivity contribution is -0.111. The predicted octanol–water partition coefficient (Wildman–Crippen LogP) is 7.36. The number of hydrogen-bond donors (Lipinski definition) is 0. The van der Waals surface area contributed by atoms with Crippen LogP contribution in [0.3, 0.4) is 0 Å². The highest BCUT2D eigenvalue weighted by atomic mass is 31.2. The van der Waals surface area contributed by atoms with Gasteiger partial charge >= 0.3 is 0 Å². The Bertz CT molecular complexity index is 1220. The summed E-state index contributed by atoms with van der Waals surface area (Å²) in [5.41, 5.74) is 4.07. The fourth-order valence-corrected chi connectivity index (χ4v) is 10.1. The maximum Gasteiger partial charge on any atom is 0.188 e. The van der Waals surface area contributed by atoms with Crippen LogP contribution in [-0.2, 0) is 9.47 Å². The molecule has 0 N–H and O–H groups in total. The van der Waals surface area contributed by atoms with Crippen molar-refractivity contribution in [3.8, 4) is 0 Å². The van der Waals surface area contributed by atoms with Crippen molar-refractivity contribution in [2.75, 3.05) is 19.4 Å². The molecule has 0 saturated carbocycles. The van der Waals surface area contributed by atoms with Crippen molar-refractivity contribution in [3.63, 3.8) is 0 Å². The second-order valence-corrected chi connectivity index (χ2v) is 14.7. The summed E-state index contributed by atoms with van der Waals surface area (Å²) in [5, 5.41) is 4.24.